The van der Waals surface area contributed by atoms with Crippen molar-refractivity contribution in [1.29, 1.82) is 0 Å². The third-order valence-corrected chi connectivity index (χ3v) is 6.15. The predicted octanol–water partition coefficient (Wildman–Crippen LogP) is 0.460. The summed E-state index contributed by atoms with van der Waals surface area (Å²) in [6.45, 7) is 2.52. The summed E-state index contributed by atoms with van der Waals surface area (Å²) in [4.78, 5) is 25.1. The topological polar surface area (TPSA) is 104 Å². The summed E-state index contributed by atoms with van der Waals surface area (Å²) >= 11 is 0. The monoisotopic (exact) mass is 318 g/mol. The summed E-state index contributed by atoms with van der Waals surface area (Å²) in [5, 5.41) is 12.1. The molecule has 2 fully saturated rings. The van der Waals surface area contributed by atoms with Crippen LogP contribution in [0.15, 0.2) is 0 Å². The number of sulfone groups is 1. The maximum absolute atomic E-state index is 12.2. The van der Waals surface area contributed by atoms with Gasteiger partial charge >= 0.3 is 12.0 Å². The van der Waals surface area contributed by atoms with Gasteiger partial charge in [0.25, 0.3) is 0 Å². The molecule has 0 aromatic heterocycles. The van der Waals surface area contributed by atoms with E-state index in [1.165, 1.54) is 4.90 Å². The number of rotatable bonds is 4. The second-order valence-corrected chi connectivity index (χ2v) is 8.29. The second kappa shape index (κ2) is 5.82. The van der Waals surface area contributed by atoms with Crippen molar-refractivity contribution in [3.8, 4) is 0 Å². The molecule has 120 valence electrons. The van der Waals surface area contributed by atoms with Gasteiger partial charge in [-0.25, -0.2) is 13.2 Å². The standard InChI is InChI=1S/C13H22N2O5S/c1-2-4-13(11(16)17)5-6-15(9-13)12(18)14-10-3-7-21(19,20)8-10/h10H,2-9H2,1H3,(H,14,18)(H,16,17). The molecule has 0 spiro atoms. The van der Waals surface area contributed by atoms with Crippen LogP contribution in [0.2, 0.25) is 0 Å². The summed E-state index contributed by atoms with van der Waals surface area (Å²) in [5.41, 5.74) is -0.853. The van der Waals surface area contributed by atoms with Gasteiger partial charge < -0.3 is 15.3 Å². The number of nitrogens with one attached hydrogen (secondary N) is 1. The number of carboxylic acids is 1. The lowest BCUT2D eigenvalue weighted by atomic mass is 9.83. The molecular weight excluding hydrogens is 296 g/mol. The smallest absolute Gasteiger partial charge is 0.317 e. The Morgan fingerprint density at radius 3 is 2.67 bits per heavy atom. The Balaban J connectivity index is 1.94. The number of carbonyl (C=O) groups is 2. The fourth-order valence-corrected chi connectivity index (χ4v) is 4.86. The van der Waals surface area contributed by atoms with Crippen LogP contribution in [0.4, 0.5) is 4.79 Å². The van der Waals surface area contributed by atoms with Crippen LogP contribution < -0.4 is 5.32 Å². The average Bonchev–Trinajstić information content (AvgIpc) is 2.95. The molecule has 2 amide bonds. The molecule has 2 unspecified atom stereocenters. The maximum atomic E-state index is 12.2. The molecular formula is C13H22N2O5S. The molecule has 2 N–H and O–H groups in total. The van der Waals surface area contributed by atoms with Crippen molar-refractivity contribution in [2.24, 2.45) is 5.41 Å². The highest BCUT2D eigenvalue weighted by molar-refractivity contribution is 7.91. The normalized spacial score (nSPS) is 31.3. The van der Waals surface area contributed by atoms with Gasteiger partial charge in [0.05, 0.1) is 16.9 Å². The van der Waals surface area contributed by atoms with E-state index in [0.29, 0.717) is 25.8 Å². The Morgan fingerprint density at radius 2 is 2.14 bits per heavy atom. The Hall–Kier alpha value is -1.31. The molecule has 2 aliphatic rings. The van der Waals surface area contributed by atoms with Crippen molar-refractivity contribution in [3.63, 3.8) is 0 Å². The highest BCUT2D eigenvalue weighted by atomic mass is 32.2. The van der Waals surface area contributed by atoms with Gasteiger partial charge in [0.2, 0.25) is 0 Å². The summed E-state index contributed by atoms with van der Waals surface area (Å²) in [6.07, 6.45) is 2.18. The predicted molar refractivity (Wildman–Crippen MR) is 76.8 cm³/mol. The summed E-state index contributed by atoms with van der Waals surface area (Å²) in [6, 6.07) is -0.704. The molecule has 0 aromatic carbocycles. The zero-order chi connectivity index (χ0) is 15.7. The van der Waals surface area contributed by atoms with Crippen molar-refractivity contribution in [1.82, 2.24) is 10.2 Å². The number of urea groups is 1. The van der Waals surface area contributed by atoms with Gasteiger partial charge in [0.15, 0.2) is 9.84 Å². The van der Waals surface area contributed by atoms with Crippen LogP contribution in [0.25, 0.3) is 0 Å². The number of hydrogen-bond donors (Lipinski definition) is 2. The number of carboxylic acid groups (broad SMARTS) is 1. The molecule has 0 aromatic rings. The van der Waals surface area contributed by atoms with E-state index in [0.717, 1.165) is 6.42 Å². The molecule has 7 nitrogen and oxygen atoms in total. The minimum absolute atomic E-state index is 0.0222. The van der Waals surface area contributed by atoms with Crippen LogP contribution in [0.3, 0.4) is 0 Å². The van der Waals surface area contributed by atoms with E-state index in [4.69, 9.17) is 0 Å². The average molecular weight is 318 g/mol. The number of nitrogens with zero attached hydrogens (tertiary/aromatic N) is 1. The highest BCUT2D eigenvalue weighted by Gasteiger charge is 2.45. The van der Waals surface area contributed by atoms with E-state index in [2.05, 4.69) is 5.32 Å². The van der Waals surface area contributed by atoms with Crippen molar-refractivity contribution < 1.29 is 23.1 Å². The summed E-state index contributed by atoms with van der Waals surface area (Å²) in [5.74, 6) is -0.776. The molecule has 0 aliphatic carbocycles. The van der Waals surface area contributed by atoms with Crippen molar-refractivity contribution in [3.05, 3.63) is 0 Å². The van der Waals surface area contributed by atoms with E-state index >= 15 is 0 Å². The third kappa shape index (κ3) is 3.48. The molecule has 2 aliphatic heterocycles. The Bertz CT molecular complexity index is 533. The van der Waals surface area contributed by atoms with Gasteiger partial charge in [-0.15, -0.1) is 0 Å². The molecule has 8 heteroatoms. The van der Waals surface area contributed by atoms with Crippen LogP contribution in [0, 0.1) is 5.41 Å². The van der Waals surface area contributed by atoms with Gasteiger partial charge in [-0.1, -0.05) is 13.3 Å². The van der Waals surface area contributed by atoms with Crippen molar-refractivity contribution in [2.45, 2.75) is 38.6 Å². The molecule has 2 heterocycles. The summed E-state index contributed by atoms with van der Waals surface area (Å²) in [7, 11) is -3.04. The van der Waals surface area contributed by atoms with Crippen molar-refractivity contribution >= 4 is 21.8 Å². The molecule has 2 saturated heterocycles. The lowest BCUT2D eigenvalue weighted by Gasteiger charge is -2.25. The van der Waals surface area contributed by atoms with Gasteiger partial charge in [-0.05, 0) is 19.3 Å². The zero-order valence-corrected chi connectivity index (χ0v) is 13.0. The Labute approximate surface area is 124 Å². The van der Waals surface area contributed by atoms with Crippen LogP contribution in [-0.2, 0) is 14.6 Å². The number of likely N-dealkylation sites (tertiary alicyclic amines) is 1. The molecule has 0 saturated carbocycles. The van der Waals surface area contributed by atoms with Crippen LogP contribution in [-0.4, -0.2) is 61.1 Å². The molecule has 2 atom stereocenters. The fourth-order valence-electron chi connectivity index (χ4n) is 3.18. The first-order valence-corrected chi connectivity index (χ1v) is 9.09. The molecule has 21 heavy (non-hydrogen) atoms. The molecule has 0 radical (unpaired) electrons. The van der Waals surface area contributed by atoms with Gasteiger partial charge in [0, 0.05) is 19.1 Å². The highest BCUT2D eigenvalue weighted by Crippen LogP contribution is 2.35. The lowest BCUT2D eigenvalue weighted by molar-refractivity contribution is -0.148. The summed E-state index contributed by atoms with van der Waals surface area (Å²) < 4.78 is 22.8. The number of hydrogen-bond acceptors (Lipinski definition) is 4. The third-order valence-electron chi connectivity index (χ3n) is 4.38. The van der Waals surface area contributed by atoms with E-state index in [9.17, 15) is 23.1 Å². The lowest BCUT2D eigenvalue weighted by Crippen LogP contribution is -2.46. The maximum Gasteiger partial charge on any atom is 0.317 e. The first-order chi connectivity index (χ1) is 9.78. The molecule has 2 rings (SSSR count). The number of aliphatic carboxylic acids is 1. The second-order valence-electron chi connectivity index (χ2n) is 6.06. The van der Waals surface area contributed by atoms with Gasteiger partial charge in [0.1, 0.15) is 0 Å². The van der Waals surface area contributed by atoms with E-state index < -0.39 is 21.2 Å². The quantitative estimate of drug-likeness (QED) is 0.783. The Morgan fingerprint density at radius 1 is 1.43 bits per heavy atom. The number of carbonyl (C=O) groups excluding carboxylic acids is 1. The zero-order valence-electron chi connectivity index (χ0n) is 12.2. The minimum Gasteiger partial charge on any atom is -0.481 e. The SMILES string of the molecule is CCCC1(C(=O)O)CCN(C(=O)NC2CCS(=O)(=O)C2)C1. The molecule has 0 bridgehead atoms. The Kier molecular flexibility index (Phi) is 4.46. The minimum atomic E-state index is -3.04. The van der Waals surface area contributed by atoms with Crippen LogP contribution in [0.5, 0.6) is 0 Å². The van der Waals surface area contributed by atoms with Crippen molar-refractivity contribution in [2.75, 3.05) is 24.6 Å². The van der Waals surface area contributed by atoms with E-state index in [1.54, 1.807) is 0 Å². The van der Waals surface area contributed by atoms with Gasteiger partial charge in [-0.2, -0.15) is 0 Å². The van der Waals surface area contributed by atoms with E-state index in [-0.39, 0.29) is 30.1 Å². The first-order valence-electron chi connectivity index (χ1n) is 7.27. The van der Waals surface area contributed by atoms with E-state index in [1.807, 2.05) is 6.92 Å². The fraction of sp³-hybridized carbons (Fsp3) is 0.846. The van der Waals surface area contributed by atoms with Crippen LogP contribution in [0.1, 0.15) is 32.6 Å². The number of amides is 2. The van der Waals surface area contributed by atoms with Gasteiger partial charge in [-0.3, -0.25) is 4.79 Å². The first kappa shape index (κ1) is 16.1. The van der Waals surface area contributed by atoms with Crippen LogP contribution >= 0.6 is 0 Å². The largest absolute Gasteiger partial charge is 0.481 e.